The molecular weight excluding hydrogens is 1430 g/mol. The number of fused-ring (bicyclic) bond motifs is 20. The summed E-state index contributed by atoms with van der Waals surface area (Å²) in [4.78, 5) is 28.4. The molecule has 10 nitrogen and oxygen atoms in total. The first-order valence-electron chi connectivity index (χ1n) is 54.4. The molecule has 0 saturated carbocycles. The molecule has 8 heterocycles. The summed E-state index contributed by atoms with van der Waals surface area (Å²) in [5.41, 5.74) is -1.43. The molecule has 24 aromatic rings. The molecule has 0 unspecified atom stereocenters. The van der Waals surface area contributed by atoms with Gasteiger partial charge < -0.3 is 8.83 Å². The fourth-order valence-corrected chi connectivity index (χ4v) is 16.6. The molecule has 0 radical (unpaired) electrons. The molecule has 12 heteroatoms. The van der Waals surface area contributed by atoms with Crippen molar-refractivity contribution in [2.75, 3.05) is 0 Å². The predicted molar refractivity (Wildman–Crippen MR) is 472 cm³/mol. The highest BCUT2D eigenvalue weighted by molar-refractivity contribution is 7.26. The van der Waals surface area contributed by atoms with E-state index in [1.807, 2.05) is 0 Å². The van der Waals surface area contributed by atoms with Crippen LogP contribution in [0, 0.1) is 0 Å². The van der Waals surface area contributed by atoms with E-state index in [1.165, 1.54) is 6.07 Å². The summed E-state index contributed by atoms with van der Waals surface area (Å²) >= 11 is 1.93. The Labute approximate surface area is 714 Å². The highest BCUT2D eigenvalue weighted by Gasteiger charge is 2.26. The molecule has 0 aliphatic carbocycles. The summed E-state index contributed by atoms with van der Waals surface area (Å²) in [5, 5.41) is -0.00535. The highest BCUT2D eigenvalue weighted by atomic mass is 32.1. The largest absolute Gasteiger partial charge is 0.456 e. The Morgan fingerprint density at radius 3 is 1.44 bits per heavy atom. The van der Waals surface area contributed by atoms with Gasteiger partial charge in [-0.25, -0.2) is 9.97 Å². The molecule has 24 rings (SSSR count). The number of nitrogens with zero attached hydrogens (tertiary/aromatic N) is 8. The van der Waals surface area contributed by atoms with Gasteiger partial charge in [-0.05, 0) is 123 Å². The third-order valence-corrected chi connectivity index (χ3v) is 21.5. The van der Waals surface area contributed by atoms with Gasteiger partial charge in [-0.1, -0.05) is 284 Å². The monoisotopic (exact) mass is 1530 g/mol. The van der Waals surface area contributed by atoms with Gasteiger partial charge in [0.2, 0.25) is 11.9 Å². The third-order valence-electron chi connectivity index (χ3n) is 19.4. The minimum atomic E-state index is -0.773. The van der Waals surface area contributed by atoms with Crippen LogP contribution >= 0.6 is 22.7 Å². The van der Waals surface area contributed by atoms with Crippen LogP contribution in [-0.2, 0) is 0 Å². The zero-order chi connectivity index (χ0) is 109. The van der Waals surface area contributed by atoms with Crippen molar-refractivity contribution in [1.82, 2.24) is 39.0 Å². The summed E-state index contributed by atoms with van der Waals surface area (Å²) < 4.78 is 366. The average Bonchev–Trinajstić information content (AvgIpc) is 1.52. The first-order chi connectivity index (χ1) is 72.7. The Balaban J connectivity index is 0.000000167. The van der Waals surface area contributed by atoms with E-state index < -0.39 is 268 Å². The van der Waals surface area contributed by atoms with Gasteiger partial charge in [0, 0.05) is 106 Å². The number of benzene rings is 16. The van der Waals surface area contributed by atoms with E-state index in [4.69, 9.17) is 56.7 Å². The molecule has 8 aromatic heterocycles. The lowest BCUT2D eigenvalue weighted by Gasteiger charge is -2.11. The fourth-order valence-electron chi connectivity index (χ4n) is 14.4. The van der Waals surface area contributed by atoms with Crippen LogP contribution in [0.2, 0.25) is 0 Å². The average molecular weight is 1530 g/mol. The summed E-state index contributed by atoms with van der Waals surface area (Å²) in [6.07, 6.45) is 0. The fraction of sp³-hybridized carbons (Fsp3) is 0. The number of rotatable bonds is 10. The maximum absolute atomic E-state index is 9.73. The zero-order valence-corrected chi connectivity index (χ0v) is 59.5. The highest BCUT2D eigenvalue weighted by Crippen LogP contribution is 2.49. The lowest BCUT2D eigenvalue weighted by atomic mass is 9.99. The molecule has 0 spiro atoms. The number of hydrogen-bond acceptors (Lipinski definition) is 10. The summed E-state index contributed by atoms with van der Waals surface area (Å²) in [6.45, 7) is 0. The van der Waals surface area contributed by atoms with Crippen molar-refractivity contribution in [2.45, 2.75) is 0 Å². The molecule has 532 valence electrons. The van der Waals surface area contributed by atoms with Crippen LogP contribution in [0.4, 0.5) is 0 Å². The topological polar surface area (TPSA) is 113 Å². The van der Waals surface area contributed by atoms with Crippen molar-refractivity contribution in [3.63, 3.8) is 0 Å². The summed E-state index contributed by atoms with van der Waals surface area (Å²) in [7, 11) is 0. The Bertz CT molecular complexity index is 10400. The number of thiophene rings is 2. The van der Waals surface area contributed by atoms with Gasteiger partial charge in [-0.3, -0.25) is 9.13 Å². The molecular formula is C102H60N8O2S2. The molecule has 0 atom stereocenters. The van der Waals surface area contributed by atoms with Crippen molar-refractivity contribution < 1.29 is 62.3 Å². The van der Waals surface area contributed by atoms with Crippen LogP contribution in [0.3, 0.4) is 0 Å². The van der Waals surface area contributed by atoms with E-state index in [9.17, 15) is 20.6 Å². The Morgan fingerprint density at radius 2 is 0.763 bits per heavy atom. The minimum absolute atomic E-state index is 0.0229. The van der Waals surface area contributed by atoms with Crippen molar-refractivity contribution in [3.8, 4) is 102 Å². The van der Waals surface area contributed by atoms with Crippen molar-refractivity contribution >= 4 is 151 Å². The van der Waals surface area contributed by atoms with Gasteiger partial charge in [-0.15, -0.1) is 22.7 Å². The van der Waals surface area contributed by atoms with Gasteiger partial charge in [0.15, 0.2) is 23.3 Å². The van der Waals surface area contributed by atoms with Gasteiger partial charge in [0.25, 0.3) is 0 Å². The first-order valence-corrected chi connectivity index (χ1v) is 36.5. The normalized spacial score (nSPS) is 16.6. The van der Waals surface area contributed by atoms with Crippen LogP contribution in [-0.4, -0.2) is 39.0 Å². The maximum Gasteiger partial charge on any atom is 0.238 e. The van der Waals surface area contributed by atoms with Gasteiger partial charge in [-0.2, -0.15) is 19.9 Å². The van der Waals surface area contributed by atoms with Gasteiger partial charge >= 0.3 is 0 Å². The zero-order valence-electron chi connectivity index (χ0n) is 96.8. The van der Waals surface area contributed by atoms with E-state index in [0.29, 0.717) is 32.2 Å². The Morgan fingerprint density at radius 1 is 0.246 bits per heavy atom. The Kier molecular flexibility index (Phi) is 8.65. The molecule has 0 N–H and O–H groups in total. The molecule has 114 heavy (non-hydrogen) atoms. The van der Waals surface area contributed by atoms with Crippen LogP contribution in [0.25, 0.3) is 230 Å². The first kappa shape index (κ1) is 37.3. The van der Waals surface area contributed by atoms with Crippen molar-refractivity contribution in [1.29, 1.82) is 0 Å². The number of aromatic nitrogens is 8. The predicted octanol–water partition coefficient (Wildman–Crippen LogP) is 27.8. The third kappa shape index (κ3) is 10.7. The van der Waals surface area contributed by atoms with E-state index in [2.05, 4.69) is 15.0 Å². The molecule has 0 aliphatic rings. The smallest absolute Gasteiger partial charge is 0.238 e. The van der Waals surface area contributed by atoms with Crippen LogP contribution in [0.15, 0.2) is 372 Å². The van der Waals surface area contributed by atoms with Crippen LogP contribution in [0.1, 0.15) is 53.5 Å². The number of hydrogen-bond donors (Lipinski definition) is 0. The van der Waals surface area contributed by atoms with Crippen molar-refractivity contribution in [2.24, 2.45) is 0 Å². The SMILES string of the molecule is [2H]c1c([2H])c([2H])c(-c2c([2H])c([2H])c([2H])c3oc4c([2H])c(-c5nc(-c6ccccc6)nc(-n6c7c([2H])c([2H])c([2H])c([2H])c7c7c8c(sc9c(-c%10ccccc%10)c([2H])c([2H])c([2H])c98)c([2H])c([2H])c76)n5)c([2H])c([2H])c4c23)c([2H])c1[2H].[2H]c1c([2H])c([2H])c(-c2nc(-c3ccc4c(c3)oc3cccc(-c5c([2H])c([2H])c([2H])c([2H])c5[2H])c34)nc(-n3c4c([2H])c([2H])c([2H])c([2H])c4c4c5c(sc6c([2H])c(-c7ccccc7)c([2H])c([2H])c65)c([2H])c([2H])c43)n2)c([2H])c1[2H]. The van der Waals surface area contributed by atoms with E-state index in [0.717, 1.165) is 31.8 Å². The van der Waals surface area contributed by atoms with Crippen LogP contribution in [0.5, 0.6) is 0 Å². The molecule has 0 bridgehead atoms. The van der Waals surface area contributed by atoms with Gasteiger partial charge in [0.1, 0.15) is 22.3 Å². The molecule has 0 fully saturated rings. The maximum atomic E-state index is 9.73. The van der Waals surface area contributed by atoms with Crippen molar-refractivity contribution in [3.05, 3.63) is 363 Å². The minimum Gasteiger partial charge on any atom is -0.456 e. The van der Waals surface area contributed by atoms with E-state index in [-0.39, 0.29) is 165 Å². The second-order valence-electron chi connectivity index (χ2n) is 25.8. The number of furan rings is 2. The second-order valence-corrected chi connectivity index (χ2v) is 27.8. The Hall–Kier alpha value is -14.8. The summed E-state index contributed by atoms with van der Waals surface area (Å²) in [5.74, 6) is -2.32. The lowest BCUT2D eigenvalue weighted by Crippen LogP contribution is -2.06. The standard InChI is InChI=1S/2C51H30N4OS/c1-4-14-31(15-5-1)35-21-13-25-42-45(35)38-27-26-34(30-43(38)56-42)50-52-49(33-18-8-3-9-19-33)53-51(54-50)55-40-24-11-10-20-37(40)46-41(55)28-29-44-47(46)39-23-12-22-36(48(39)57-44)32-16-6-2-7-17-32;1-4-13-31(14-5-1)34-23-26-39-45(30-34)57-44-28-27-41-47(48(39)44)37-19-10-11-21-40(37)55(41)51-53-49(33-17-8-3-9-18-33)52-50(54-51)35-24-25-38-43(29-35)56-42-22-12-20-36(46(38)42)32-15-6-2-7-16-32/h2*1-30H/i1D,4D,5D,10D,11D,12D,13D,14D,15D,20D,21D,22D,23D,24D,25D,26D,27D,28D,29D,30D;2D,3D,6D,7D,8D,9D,10D,11D,15D,16D,17D,18D,19D,21D,23D,26D,27D,28D,30D. The molecule has 0 aliphatic heterocycles. The second kappa shape index (κ2) is 26.5. The lowest BCUT2D eigenvalue weighted by molar-refractivity contribution is 0.668. The van der Waals surface area contributed by atoms with Crippen LogP contribution < -0.4 is 0 Å². The molecule has 16 aromatic carbocycles. The molecule has 0 saturated heterocycles. The van der Waals surface area contributed by atoms with E-state index >= 15 is 0 Å². The number of para-hydroxylation sites is 2. The summed E-state index contributed by atoms with van der Waals surface area (Å²) in [6, 6.07) is 11.9. The quantitative estimate of drug-likeness (QED) is 0.133. The molecule has 0 amide bonds. The van der Waals surface area contributed by atoms with Gasteiger partial charge in [0.05, 0.1) is 75.5 Å². The van der Waals surface area contributed by atoms with E-state index in [1.54, 1.807) is 121 Å².